The standard InChI is InChI=1S/C9H13N3O2/c13-8(6-3-1-2-4-10-6)7-5-11-9(14)12-7/h5-6,10H,1-4H2,(H2,11,12,14). The van der Waals surface area contributed by atoms with Crippen LogP contribution in [0.4, 0.5) is 0 Å². The van der Waals surface area contributed by atoms with Crippen LogP contribution in [0, 0.1) is 0 Å². The summed E-state index contributed by atoms with van der Waals surface area (Å²) in [4.78, 5) is 27.5. The fourth-order valence-corrected chi connectivity index (χ4v) is 1.73. The van der Waals surface area contributed by atoms with E-state index in [1.807, 2.05) is 0 Å². The van der Waals surface area contributed by atoms with Crippen LogP contribution in [0.25, 0.3) is 0 Å². The lowest BCUT2D eigenvalue weighted by Crippen LogP contribution is -2.40. The second-order valence-corrected chi connectivity index (χ2v) is 3.52. The van der Waals surface area contributed by atoms with E-state index < -0.39 is 0 Å². The summed E-state index contributed by atoms with van der Waals surface area (Å²) >= 11 is 0. The number of H-pyrrole nitrogens is 2. The van der Waals surface area contributed by atoms with E-state index in [9.17, 15) is 9.59 Å². The van der Waals surface area contributed by atoms with E-state index in [0.29, 0.717) is 5.69 Å². The summed E-state index contributed by atoms with van der Waals surface area (Å²) in [5.41, 5.74) is 0.0403. The molecule has 1 aromatic rings. The highest BCUT2D eigenvalue weighted by molar-refractivity contribution is 5.98. The third-order valence-corrected chi connectivity index (χ3v) is 2.49. The number of piperidine rings is 1. The molecule has 14 heavy (non-hydrogen) atoms. The average Bonchev–Trinajstić information content (AvgIpc) is 2.65. The zero-order valence-corrected chi connectivity index (χ0v) is 7.80. The number of imidazole rings is 1. The zero-order chi connectivity index (χ0) is 9.97. The molecule has 0 aromatic carbocycles. The predicted octanol–water partition coefficient (Wildman–Crippen LogP) is 0.0278. The van der Waals surface area contributed by atoms with Gasteiger partial charge < -0.3 is 15.3 Å². The lowest BCUT2D eigenvalue weighted by atomic mass is 10.00. The van der Waals surface area contributed by atoms with E-state index in [1.165, 1.54) is 6.20 Å². The summed E-state index contributed by atoms with van der Waals surface area (Å²) in [7, 11) is 0. The highest BCUT2D eigenvalue weighted by Crippen LogP contribution is 2.10. The summed E-state index contributed by atoms with van der Waals surface area (Å²) in [6.07, 6.45) is 4.47. The Bertz CT molecular complexity index is 373. The Morgan fingerprint density at radius 1 is 1.43 bits per heavy atom. The summed E-state index contributed by atoms with van der Waals surface area (Å²) in [5.74, 6) is -0.0250. The molecule has 5 heteroatoms. The number of carbonyl (C=O) groups excluding carboxylic acids is 1. The molecule has 1 aromatic heterocycles. The van der Waals surface area contributed by atoms with Gasteiger partial charge in [0.15, 0.2) is 5.78 Å². The Labute approximate surface area is 80.9 Å². The molecule has 0 bridgehead atoms. The number of aromatic nitrogens is 2. The fraction of sp³-hybridized carbons (Fsp3) is 0.556. The maximum Gasteiger partial charge on any atom is 0.323 e. The second-order valence-electron chi connectivity index (χ2n) is 3.52. The number of hydrogen-bond donors (Lipinski definition) is 3. The van der Waals surface area contributed by atoms with Crippen molar-refractivity contribution >= 4 is 5.78 Å². The molecule has 0 amide bonds. The van der Waals surface area contributed by atoms with Crippen LogP contribution in [0.2, 0.25) is 0 Å². The highest BCUT2D eigenvalue weighted by atomic mass is 16.1. The Kier molecular flexibility index (Phi) is 2.49. The quantitative estimate of drug-likeness (QED) is 0.582. The van der Waals surface area contributed by atoms with Gasteiger partial charge in [0, 0.05) is 6.20 Å². The molecule has 1 saturated heterocycles. The third-order valence-electron chi connectivity index (χ3n) is 2.49. The van der Waals surface area contributed by atoms with E-state index >= 15 is 0 Å². The number of hydrogen-bond acceptors (Lipinski definition) is 3. The first-order valence-corrected chi connectivity index (χ1v) is 4.82. The van der Waals surface area contributed by atoms with Crippen molar-refractivity contribution < 1.29 is 4.79 Å². The van der Waals surface area contributed by atoms with Crippen molar-refractivity contribution in [2.75, 3.05) is 6.54 Å². The lowest BCUT2D eigenvalue weighted by Gasteiger charge is -2.21. The first kappa shape index (κ1) is 9.21. The SMILES string of the molecule is O=C(c1c[nH]c(=O)[nH]1)C1CCCCN1. The molecule has 0 radical (unpaired) electrons. The van der Waals surface area contributed by atoms with Gasteiger partial charge in [-0.15, -0.1) is 0 Å². The molecule has 2 rings (SSSR count). The van der Waals surface area contributed by atoms with Gasteiger partial charge in [-0.1, -0.05) is 6.42 Å². The maximum absolute atomic E-state index is 11.8. The van der Waals surface area contributed by atoms with E-state index in [-0.39, 0.29) is 17.5 Å². The molecule has 5 nitrogen and oxygen atoms in total. The molecule has 1 atom stereocenters. The van der Waals surface area contributed by atoms with E-state index in [2.05, 4.69) is 15.3 Å². The van der Waals surface area contributed by atoms with Crippen molar-refractivity contribution in [3.8, 4) is 0 Å². The number of Topliss-reactive ketones (excluding diaryl/α,β-unsaturated/α-hetero) is 1. The van der Waals surface area contributed by atoms with Gasteiger partial charge in [-0.2, -0.15) is 0 Å². The lowest BCUT2D eigenvalue weighted by molar-refractivity contribution is 0.0922. The van der Waals surface area contributed by atoms with Crippen LogP contribution in [-0.2, 0) is 0 Å². The van der Waals surface area contributed by atoms with Crippen molar-refractivity contribution in [2.24, 2.45) is 0 Å². The van der Waals surface area contributed by atoms with Crippen molar-refractivity contribution in [1.82, 2.24) is 15.3 Å². The molecule has 1 unspecified atom stereocenters. The smallest absolute Gasteiger partial charge is 0.312 e. The molecule has 2 heterocycles. The molecule has 0 saturated carbocycles. The van der Waals surface area contributed by atoms with E-state index in [4.69, 9.17) is 0 Å². The van der Waals surface area contributed by atoms with Crippen LogP contribution in [0.5, 0.6) is 0 Å². The topological polar surface area (TPSA) is 77.8 Å². The molecule has 76 valence electrons. The van der Waals surface area contributed by atoms with Crippen LogP contribution in [-0.4, -0.2) is 28.3 Å². The van der Waals surface area contributed by atoms with Crippen LogP contribution >= 0.6 is 0 Å². The minimum Gasteiger partial charge on any atom is -0.312 e. The molecular weight excluding hydrogens is 182 g/mol. The van der Waals surface area contributed by atoms with Crippen molar-refractivity contribution in [3.05, 3.63) is 22.4 Å². The fourth-order valence-electron chi connectivity index (χ4n) is 1.73. The number of carbonyl (C=O) groups is 1. The van der Waals surface area contributed by atoms with E-state index in [0.717, 1.165) is 25.8 Å². The summed E-state index contributed by atoms with van der Waals surface area (Å²) in [5, 5.41) is 3.14. The number of rotatable bonds is 2. The van der Waals surface area contributed by atoms with Gasteiger partial charge in [0.1, 0.15) is 5.69 Å². The summed E-state index contributed by atoms with van der Waals surface area (Å²) in [6, 6.07) is -0.129. The number of nitrogens with one attached hydrogen (secondary N) is 3. The predicted molar refractivity (Wildman–Crippen MR) is 51.4 cm³/mol. The van der Waals surface area contributed by atoms with Gasteiger partial charge in [0.25, 0.3) is 0 Å². The van der Waals surface area contributed by atoms with Gasteiger partial charge in [-0.25, -0.2) is 4.79 Å². The van der Waals surface area contributed by atoms with E-state index in [1.54, 1.807) is 0 Å². The van der Waals surface area contributed by atoms with Crippen LogP contribution in [0.3, 0.4) is 0 Å². The summed E-state index contributed by atoms with van der Waals surface area (Å²) < 4.78 is 0. The molecule has 1 aliphatic rings. The first-order valence-electron chi connectivity index (χ1n) is 4.82. The van der Waals surface area contributed by atoms with Crippen molar-refractivity contribution in [1.29, 1.82) is 0 Å². The van der Waals surface area contributed by atoms with Gasteiger partial charge in [-0.3, -0.25) is 4.79 Å². The minimum atomic E-state index is -0.329. The number of ketones is 1. The molecular formula is C9H13N3O2. The Balaban J connectivity index is 2.10. The maximum atomic E-state index is 11.8. The van der Waals surface area contributed by atoms with Crippen LogP contribution in [0.15, 0.2) is 11.0 Å². The summed E-state index contributed by atoms with van der Waals surface area (Å²) in [6.45, 7) is 0.880. The highest BCUT2D eigenvalue weighted by Gasteiger charge is 2.22. The average molecular weight is 195 g/mol. The Morgan fingerprint density at radius 3 is 2.86 bits per heavy atom. The molecule has 0 spiro atoms. The van der Waals surface area contributed by atoms with Crippen molar-refractivity contribution in [2.45, 2.75) is 25.3 Å². The van der Waals surface area contributed by atoms with Gasteiger partial charge in [-0.05, 0) is 19.4 Å². The van der Waals surface area contributed by atoms with Crippen LogP contribution in [0.1, 0.15) is 29.8 Å². The Morgan fingerprint density at radius 2 is 2.29 bits per heavy atom. The molecule has 1 fully saturated rings. The molecule has 0 aliphatic carbocycles. The van der Waals surface area contributed by atoms with Gasteiger partial charge >= 0.3 is 5.69 Å². The van der Waals surface area contributed by atoms with Crippen LogP contribution < -0.4 is 11.0 Å². The minimum absolute atomic E-state index is 0.0250. The monoisotopic (exact) mass is 195 g/mol. The largest absolute Gasteiger partial charge is 0.323 e. The van der Waals surface area contributed by atoms with Gasteiger partial charge in [0.05, 0.1) is 6.04 Å². The zero-order valence-electron chi connectivity index (χ0n) is 7.80. The molecule has 1 aliphatic heterocycles. The Hall–Kier alpha value is -1.36. The normalized spacial score (nSPS) is 22.1. The first-order chi connectivity index (χ1) is 6.77. The van der Waals surface area contributed by atoms with Gasteiger partial charge in [0.2, 0.25) is 0 Å². The van der Waals surface area contributed by atoms with Crippen molar-refractivity contribution in [3.63, 3.8) is 0 Å². The number of aromatic amines is 2. The third kappa shape index (κ3) is 1.77. The molecule has 3 N–H and O–H groups in total. The second kappa shape index (κ2) is 3.79.